The molecule has 1 aromatic heterocycles. The molecule has 3 rings (SSSR count). The van der Waals surface area contributed by atoms with E-state index in [2.05, 4.69) is 11.8 Å². The molecule has 0 aliphatic carbocycles. The lowest BCUT2D eigenvalue weighted by atomic mass is 10.1. The first-order valence-electron chi connectivity index (χ1n) is 6.44. The maximum absolute atomic E-state index is 13.5. The minimum Gasteiger partial charge on any atom is -0.344 e. The second-order valence-electron chi connectivity index (χ2n) is 4.83. The SMILES string of the molecule is O=C1CCCn2cc(C#Cc3c(F)cc(F)cc3F)cc21. The molecule has 0 radical (unpaired) electrons. The number of aryl methyl sites for hydroxylation is 1. The van der Waals surface area contributed by atoms with Crippen molar-refractivity contribution in [2.75, 3.05) is 0 Å². The molecule has 2 aromatic rings. The molecule has 0 amide bonds. The van der Waals surface area contributed by atoms with Crippen LogP contribution in [0.3, 0.4) is 0 Å². The van der Waals surface area contributed by atoms with Crippen LogP contribution in [-0.4, -0.2) is 10.4 Å². The summed E-state index contributed by atoms with van der Waals surface area (Å²) in [5.41, 5.74) is 0.584. The summed E-state index contributed by atoms with van der Waals surface area (Å²) in [7, 11) is 0. The molecule has 0 saturated carbocycles. The summed E-state index contributed by atoms with van der Waals surface area (Å²) >= 11 is 0. The first-order chi connectivity index (χ1) is 10.0. The highest BCUT2D eigenvalue weighted by Gasteiger charge is 2.17. The zero-order valence-electron chi connectivity index (χ0n) is 10.9. The van der Waals surface area contributed by atoms with E-state index in [4.69, 9.17) is 0 Å². The van der Waals surface area contributed by atoms with Gasteiger partial charge in [-0.05, 0) is 12.5 Å². The summed E-state index contributed by atoms with van der Waals surface area (Å²) in [6.07, 6.45) is 2.95. The van der Waals surface area contributed by atoms with Gasteiger partial charge in [0.15, 0.2) is 5.78 Å². The van der Waals surface area contributed by atoms with Gasteiger partial charge in [-0.25, -0.2) is 13.2 Å². The van der Waals surface area contributed by atoms with Gasteiger partial charge in [-0.15, -0.1) is 0 Å². The third kappa shape index (κ3) is 2.57. The number of hydrogen-bond donors (Lipinski definition) is 0. The Morgan fingerprint density at radius 3 is 2.43 bits per heavy atom. The summed E-state index contributed by atoms with van der Waals surface area (Å²) in [5, 5.41) is 0. The van der Waals surface area contributed by atoms with Gasteiger partial charge in [-0.1, -0.05) is 11.8 Å². The van der Waals surface area contributed by atoms with Crippen LogP contribution < -0.4 is 0 Å². The molecular formula is C16H10F3NO. The lowest BCUT2D eigenvalue weighted by Crippen LogP contribution is -2.14. The van der Waals surface area contributed by atoms with Crippen molar-refractivity contribution in [3.63, 3.8) is 0 Å². The first kappa shape index (κ1) is 13.5. The third-order valence-electron chi connectivity index (χ3n) is 3.32. The number of nitrogens with zero attached hydrogens (tertiary/aromatic N) is 1. The fourth-order valence-electron chi connectivity index (χ4n) is 2.33. The molecule has 0 unspecified atom stereocenters. The van der Waals surface area contributed by atoms with E-state index in [0.717, 1.165) is 13.0 Å². The molecule has 0 atom stereocenters. The summed E-state index contributed by atoms with van der Waals surface area (Å²) in [6.45, 7) is 0.724. The Hall–Kier alpha value is -2.48. The lowest BCUT2D eigenvalue weighted by Gasteiger charge is -2.12. The molecule has 2 heterocycles. The minimum atomic E-state index is -1.04. The highest BCUT2D eigenvalue weighted by Crippen LogP contribution is 2.18. The van der Waals surface area contributed by atoms with Gasteiger partial charge in [-0.2, -0.15) is 0 Å². The van der Waals surface area contributed by atoms with Gasteiger partial charge in [0.05, 0.1) is 11.3 Å². The first-order valence-corrected chi connectivity index (χ1v) is 6.44. The number of halogens is 3. The molecule has 0 fully saturated rings. The number of carbonyl (C=O) groups excluding carboxylic acids is 1. The van der Waals surface area contributed by atoms with E-state index in [1.807, 2.05) is 0 Å². The van der Waals surface area contributed by atoms with E-state index in [0.29, 0.717) is 29.8 Å². The van der Waals surface area contributed by atoms with E-state index in [-0.39, 0.29) is 5.78 Å². The summed E-state index contributed by atoms with van der Waals surface area (Å²) in [5.74, 6) is 1.94. The largest absolute Gasteiger partial charge is 0.344 e. The minimum absolute atomic E-state index is 0.0356. The quantitative estimate of drug-likeness (QED) is 0.682. The van der Waals surface area contributed by atoms with Crippen LogP contribution >= 0.6 is 0 Å². The molecular weight excluding hydrogens is 279 g/mol. The van der Waals surface area contributed by atoms with Crippen LogP contribution in [0.15, 0.2) is 24.4 Å². The number of rotatable bonds is 0. The van der Waals surface area contributed by atoms with E-state index >= 15 is 0 Å². The van der Waals surface area contributed by atoms with Crippen LogP contribution in [0, 0.1) is 29.3 Å². The topological polar surface area (TPSA) is 22.0 Å². The lowest BCUT2D eigenvalue weighted by molar-refractivity contribution is 0.0955. The van der Waals surface area contributed by atoms with Crippen molar-refractivity contribution in [2.24, 2.45) is 0 Å². The number of fused-ring (bicyclic) bond motifs is 1. The van der Waals surface area contributed by atoms with Gasteiger partial charge in [0.2, 0.25) is 0 Å². The van der Waals surface area contributed by atoms with Crippen LogP contribution in [0.4, 0.5) is 13.2 Å². The molecule has 106 valence electrons. The van der Waals surface area contributed by atoms with E-state index < -0.39 is 23.0 Å². The van der Waals surface area contributed by atoms with Gasteiger partial charge >= 0.3 is 0 Å². The smallest absolute Gasteiger partial charge is 0.179 e. The highest BCUT2D eigenvalue weighted by molar-refractivity contribution is 5.95. The predicted octanol–water partition coefficient (Wildman–Crippen LogP) is 3.28. The fourth-order valence-corrected chi connectivity index (χ4v) is 2.33. The summed E-state index contributed by atoms with van der Waals surface area (Å²) in [4.78, 5) is 11.7. The summed E-state index contributed by atoms with van der Waals surface area (Å²) in [6, 6.07) is 2.77. The molecule has 5 heteroatoms. The van der Waals surface area contributed by atoms with E-state index in [9.17, 15) is 18.0 Å². The molecule has 0 bridgehead atoms. The number of aromatic nitrogens is 1. The Balaban J connectivity index is 1.97. The molecule has 2 nitrogen and oxygen atoms in total. The van der Waals surface area contributed by atoms with E-state index in [1.54, 1.807) is 16.8 Å². The van der Waals surface area contributed by atoms with Crippen molar-refractivity contribution in [2.45, 2.75) is 19.4 Å². The normalized spacial score (nSPS) is 13.6. The molecule has 1 aromatic carbocycles. The Labute approximate surface area is 119 Å². The zero-order valence-corrected chi connectivity index (χ0v) is 10.9. The van der Waals surface area contributed by atoms with Crippen LogP contribution in [0.5, 0.6) is 0 Å². The fraction of sp³-hybridized carbons (Fsp3) is 0.188. The van der Waals surface area contributed by atoms with Crippen molar-refractivity contribution < 1.29 is 18.0 Å². The number of Topliss-reactive ketones (excluding diaryl/α,β-unsaturated/α-hetero) is 1. The van der Waals surface area contributed by atoms with Crippen LogP contribution in [-0.2, 0) is 6.54 Å². The number of carbonyl (C=O) groups is 1. The molecule has 0 saturated heterocycles. The second kappa shape index (κ2) is 5.13. The molecule has 1 aliphatic heterocycles. The van der Waals surface area contributed by atoms with Crippen molar-refractivity contribution in [1.29, 1.82) is 0 Å². The maximum Gasteiger partial charge on any atom is 0.179 e. The predicted molar refractivity (Wildman–Crippen MR) is 70.3 cm³/mol. The van der Waals surface area contributed by atoms with Gasteiger partial charge in [0.1, 0.15) is 17.5 Å². The molecule has 21 heavy (non-hydrogen) atoms. The highest BCUT2D eigenvalue weighted by atomic mass is 19.1. The van der Waals surface area contributed by atoms with Gasteiger partial charge < -0.3 is 4.57 Å². The van der Waals surface area contributed by atoms with Crippen LogP contribution in [0.1, 0.15) is 34.5 Å². The van der Waals surface area contributed by atoms with Crippen molar-refractivity contribution in [1.82, 2.24) is 4.57 Å². The molecule has 0 spiro atoms. The van der Waals surface area contributed by atoms with Crippen molar-refractivity contribution >= 4 is 5.78 Å². The number of hydrogen-bond acceptors (Lipinski definition) is 1. The molecule has 1 aliphatic rings. The van der Waals surface area contributed by atoms with E-state index in [1.165, 1.54) is 0 Å². The zero-order chi connectivity index (χ0) is 15.0. The van der Waals surface area contributed by atoms with Crippen molar-refractivity contribution in [3.05, 3.63) is 58.7 Å². The Kier molecular flexibility index (Phi) is 3.30. The summed E-state index contributed by atoms with van der Waals surface area (Å²) < 4.78 is 41.5. The second-order valence-corrected chi connectivity index (χ2v) is 4.83. The maximum atomic E-state index is 13.5. The Bertz CT molecular complexity index is 773. The third-order valence-corrected chi connectivity index (χ3v) is 3.32. The standard InChI is InChI=1S/C16H10F3NO/c17-11-7-13(18)12(14(19)8-11)4-3-10-6-15-16(21)2-1-5-20(15)9-10/h6-9H,1-2,5H2. The van der Waals surface area contributed by atoms with Crippen molar-refractivity contribution in [3.8, 4) is 11.8 Å². The van der Waals surface area contributed by atoms with Gasteiger partial charge in [0.25, 0.3) is 0 Å². The van der Waals surface area contributed by atoms with Crippen LogP contribution in [0.25, 0.3) is 0 Å². The number of ketones is 1. The Morgan fingerprint density at radius 1 is 1.05 bits per heavy atom. The number of benzene rings is 1. The monoisotopic (exact) mass is 289 g/mol. The average molecular weight is 289 g/mol. The average Bonchev–Trinajstić information content (AvgIpc) is 2.82. The van der Waals surface area contributed by atoms with Crippen LogP contribution in [0.2, 0.25) is 0 Å². The molecule has 0 N–H and O–H groups in total. The van der Waals surface area contributed by atoms with Gasteiger partial charge in [0, 0.05) is 36.9 Å². The Morgan fingerprint density at radius 2 is 1.76 bits per heavy atom. The van der Waals surface area contributed by atoms with Gasteiger partial charge in [-0.3, -0.25) is 4.79 Å².